The molecular formula is C24H31N3O3S. The second kappa shape index (κ2) is 10.7. The Labute approximate surface area is 185 Å². The summed E-state index contributed by atoms with van der Waals surface area (Å²) in [4.78, 5) is 16.9. The zero-order chi connectivity index (χ0) is 22.3. The standard InChI is InChI=1S/C24H31N3O3S/c1-20-10-11-23(19-21(20)2)31(29,30)25-13-12-24(28)27-17-15-26(16-18-27)14-6-9-22-7-4-3-5-8-22/h3-11,19,25H,12-18H2,1-2H3/b9-6+. The van der Waals surface area contributed by atoms with Crippen molar-refractivity contribution in [1.82, 2.24) is 14.5 Å². The van der Waals surface area contributed by atoms with Crippen molar-refractivity contribution in [2.24, 2.45) is 0 Å². The van der Waals surface area contributed by atoms with Gasteiger partial charge in [0, 0.05) is 45.7 Å². The third-order valence-electron chi connectivity index (χ3n) is 5.62. The summed E-state index contributed by atoms with van der Waals surface area (Å²) in [5.74, 6) is -0.0118. The van der Waals surface area contributed by atoms with Gasteiger partial charge in [-0.15, -0.1) is 0 Å². The molecule has 1 N–H and O–H groups in total. The fourth-order valence-electron chi connectivity index (χ4n) is 3.50. The molecule has 166 valence electrons. The van der Waals surface area contributed by atoms with E-state index in [2.05, 4.69) is 33.9 Å². The summed E-state index contributed by atoms with van der Waals surface area (Å²) in [5, 5.41) is 0. The highest BCUT2D eigenvalue weighted by Gasteiger charge is 2.21. The number of piperazine rings is 1. The molecule has 0 spiro atoms. The van der Waals surface area contributed by atoms with Crippen molar-refractivity contribution in [3.63, 3.8) is 0 Å². The Morgan fingerprint density at radius 3 is 2.39 bits per heavy atom. The van der Waals surface area contributed by atoms with Gasteiger partial charge in [0.25, 0.3) is 0 Å². The summed E-state index contributed by atoms with van der Waals surface area (Å²) in [7, 11) is -3.60. The number of amides is 1. The highest BCUT2D eigenvalue weighted by Crippen LogP contribution is 2.14. The Balaban J connectivity index is 1.39. The molecule has 6 nitrogen and oxygen atoms in total. The molecule has 0 radical (unpaired) electrons. The van der Waals surface area contributed by atoms with Crippen LogP contribution in [0.25, 0.3) is 6.08 Å². The van der Waals surface area contributed by atoms with Crippen molar-refractivity contribution in [2.75, 3.05) is 39.3 Å². The Kier molecular flexibility index (Phi) is 8.01. The topological polar surface area (TPSA) is 69.7 Å². The van der Waals surface area contributed by atoms with E-state index in [0.717, 1.165) is 30.8 Å². The zero-order valence-electron chi connectivity index (χ0n) is 18.3. The van der Waals surface area contributed by atoms with Crippen molar-refractivity contribution >= 4 is 22.0 Å². The van der Waals surface area contributed by atoms with Gasteiger partial charge in [0.15, 0.2) is 0 Å². The van der Waals surface area contributed by atoms with Crippen molar-refractivity contribution in [2.45, 2.75) is 25.2 Å². The number of benzene rings is 2. The number of sulfonamides is 1. The van der Waals surface area contributed by atoms with Gasteiger partial charge >= 0.3 is 0 Å². The molecule has 1 saturated heterocycles. The number of nitrogens with zero attached hydrogens (tertiary/aromatic N) is 2. The summed E-state index contributed by atoms with van der Waals surface area (Å²) in [6, 6.07) is 15.2. The second-order valence-corrected chi connectivity index (χ2v) is 9.66. The smallest absolute Gasteiger partial charge is 0.240 e. The monoisotopic (exact) mass is 441 g/mol. The first-order chi connectivity index (χ1) is 14.8. The summed E-state index contributed by atoms with van der Waals surface area (Å²) >= 11 is 0. The molecule has 1 aliphatic rings. The van der Waals surface area contributed by atoms with Gasteiger partial charge in [-0.3, -0.25) is 9.69 Å². The first kappa shape index (κ1) is 23.2. The maximum atomic E-state index is 12.5. The third kappa shape index (κ3) is 6.75. The summed E-state index contributed by atoms with van der Waals surface area (Å²) < 4.78 is 27.4. The van der Waals surface area contributed by atoms with Crippen molar-refractivity contribution in [1.29, 1.82) is 0 Å². The molecule has 0 saturated carbocycles. The van der Waals surface area contributed by atoms with Gasteiger partial charge in [-0.2, -0.15) is 0 Å². The molecule has 1 heterocycles. The molecule has 0 aliphatic carbocycles. The van der Waals surface area contributed by atoms with Gasteiger partial charge in [0.1, 0.15) is 0 Å². The number of carbonyl (C=O) groups is 1. The zero-order valence-corrected chi connectivity index (χ0v) is 19.1. The van der Waals surface area contributed by atoms with Crippen molar-refractivity contribution in [3.05, 3.63) is 71.3 Å². The predicted octanol–water partition coefficient (Wildman–Crippen LogP) is 2.83. The average molecular weight is 442 g/mol. The lowest BCUT2D eigenvalue weighted by Gasteiger charge is -2.34. The highest BCUT2D eigenvalue weighted by atomic mass is 32.2. The molecule has 1 amide bonds. The third-order valence-corrected chi connectivity index (χ3v) is 7.08. The normalized spacial score (nSPS) is 15.5. The molecule has 2 aromatic rings. The first-order valence-electron chi connectivity index (χ1n) is 10.6. The van der Waals surface area contributed by atoms with Gasteiger partial charge < -0.3 is 4.90 Å². The Bertz CT molecular complexity index is 1010. The van der Waals surface area contributed by atoms with E-state index >= 15 is 0 Å². The molecule has 31 heavy (non-hydrogen) atoms. The summed E-state index contributed by atoms with van der Waals surface area (Å²) in [6.07, 6.45) is 4.42. The van der Waals surface area contributed by atoms with Gasteiger partial charge in [0.2, 0.25) is 15.9 Å². The fourth-order valence-corrected chi connectivity index (χ4v) is 4.61. The molecule has 0 unspecified atom stereocenters. The van der Waals surface area contributed by atoms with Gasteiger partial charge in [0.05, 0.1) is 4.90 Å². The lowest BCUT2D eigenvalue weighted by Crippen LogP contribution is -2.49. The molecule has 2 aromatic carbocycles. The van der Waals surface area contributed by atoms with Gasteiger partial charge in [-0.1, -0.05) is 48.6 Å². The van der Waals surface area contributed by atoms with Crippen LogP contribution < -0.4 is 4.72 Å². The van der Waals surface area contributed by atoms with Gasteiger partial charge in [-0.25, -0.2) is 13.1 Å². The lowest BCUT2D eigenvalue weighted by atomic mass is 10.1. The number of hydrogen-bond acceptors (Lipinski definition) is 4. The average Bonchev–Trinajstić information content (AvgIpc) is 2.76. The molecule has 1 aliphatic heterocycles. The Morgan fingerprint density at radius 1 is 1.00 bits per heavy atom. The Hall–Kier alpha value is -2.48. The van der Waals surface area contributed by atoms with Crippen LogP contribution in [-0.2, 0) is 14.8 Å². The van der Waals surface area contributed by atoms with Crippen LogP contribution in [0.5, 0.6) is 0 Å². The van der Waals surface area contributed by atoms with E-state index in [9.17, 15) is 13.2 Å². The summed E-state index contributed by atoms with van der Waals surface area (Å²) in [6.45, 7) is 7.76. The van der Waals surface area contributed by atoms with E-state index in [-0.39, 0.29) is 23.8 Å². The number of aryl methyl sites for hydroxylation is 2. The SMILES string of the molecule is Cc1ccc(S(=O)(=O)NCCC(=O)N2CCN(C/C=C/c3ccccc3)CC2)cc1C. The molecule has 3 rings (SSSR count). The van der Waals surface area contributed by atoms with Crippen LogP contribution in [0.15, 0.2) is 59.5 Å². The minimum absolute atomic E-state index is 0.0118. The first-order valence-corrected chi connectivity index (χ1v) is 12.1. The maximum Gasteiger partial charge on any atom is 0.240 e. The van der Waals surface area contributed by atoms with E-state index in [1.165, 1.54) is 5.56 Å². The van der Waals surface area contributed by atoms with Crippen LogP contribution in [0.3, 0.4) is 0 Å². The number of rotatable bonds is 8. The van der Waals surface area contributed by atoms with Crippen LogP contribution in [-0.4, -0.2) is 63.4 Å². The van der Waals surface area contributed by atoms with Gasteiger partial charge in [-0.05, 0) is 42.7 Å². The van der Waals surface area contributed by atoms with E-state index in [0.29, 0.717) is 13.1 Å². The largest absolute Gasteiger partial charge is 0.340 e. The quantitative estimate of drug-likeness (QED) is 0.684. The minimum atomic E-state index is -3.60. The highest BCUT2D eigenvalue weighted by molar-refractivity contribution is 7.89. The molecule has 7 heteroatoms. The van der Waals surface area contributed by atoms with E-state index in [1.54, 1.807) is 18.2 Å². The number of nitrogens with one attached hydrogen (secondary N) is 1. The van der Waals surface area contributed by atoms with Crippen molar-refractivity contribution in [3.8, 4) is 0 Å². The lowest BCUT2D eigenvalue weighted by molar-refractivity contribution is -0.132. The molecule has 0 bridgehead atoms. The second-order valence-electron chi connectivity index (χ2n) is 7.89. The minimum Gasteiger partial charge on any atom is -0.340 e. The van der Waals surface area contributed by atoms with Crippen LogP contribution in [0.2, 0.25) is 0 Å². The van der Waals surface area contributed by atoms with Crippen LogP contribution in [0.1, 0.15) is 23.1 Å². The van der Waals surface area contributed by atoms with Crippen LogP contribution >= 0.6 is 0 Å². The van der Waals surface area contributed by atoms with Crippen LogP contribution in [0.4, 0.5) is 0 Å². The maximum absolute atomic E-state index is 12.5. The van der Waals surface area contributed by atoms with E-state index in [1.807, 2.05) is 36.9 Å². The molecule has 0 atom stereocenters. The fraction of sp³-hybridized carbons (Fsp3) is 0.375. The number of hydrogen-bond donors (Lipinski definition) is 1. The molecule has 1 fully saturated rings. The van der Waals surface area contributed by atoms with Crippen LogP contribution in [0, 0.1) is 13.8 Å². The predicted molar refractivity (Wildman–Crippen MR) is 124 cm³/mol. The molecular weight excluding hydrogens is 410 g/mol. The summed E-state index contributed by atoms with van der Waals surface area (Å²) in [5.41, 5.74) is 3.15. The van der Waals surface area contributed by atoms with E-state index < -0.39 is 10.0 Å². The molecule has 0 aromatic heterocycles. The van der Waals surface area contributed by atoms with E-state index in [4.69, 9.17) is 0 Å². The number of carbonyl (C=O) groups excluding carboxylic acids is 1. The van der Waals surface area contributed by atoms with Crippen molar-refractivity contribution < 1.29 is 13.2 Å². The Morgan fingerprint density at radius 2 is 1.71 bits per heavy atom.